The molecule has 1 amide bonds. The summed E-state index contributed by atoms with van der Waals surface area (Å²) in [5.74, 6) is 0.946. The van der Waals surface area contributed by atoms with Crippen LogP contribution in [0.1, 0.15) is 21.6 Å². The molecule has 0 atom stereocenters. The lowest BCUT2D eigenvalue weighted by Crippen LogP contribution is -2.12. The predicted molar refractivity (Wildman–Crippen MR) is 116 cm³/mol. The van der Waals surface area contributed by atoms with Crippen molar-refractivity contribution in [3.05, 3.63) is 77.6 Å². The Balaban J connectivity index is 1.34. The number of amides is 1. The second-order valence-corrected chi connectivity index (χ2v) is 7.57. The molecular weight excluding hydrogens is 433 g/mol. The van der Waals surface area contributed by atoms with E-state index >= 15 is 0 Å². The van der Waals surface area contributed by atoms with Crippen LogP contribution in [0.3, 0.4) is 0 Å². The number of alkyl halides is 3. The molecule has 33 heavy (non-hydrogen) atoms. The number of fused-ring (bicyclic) bond motifs is 1. The molecule has 0 unspecified atom stereocenters. The monoisotopic (exact) mass is 450 g/mol. The highest BCUT2D eigenvalue weighted by molar-refractivity contribution is 5.98. The second-order valence-electron chi connectivity index (χ2n) is 7.57. The number of aromatic nitrogens is 4. The van der Waals surface area contributed by atoms with Crippen LogP contribution in [0.2, 0.25) is 0 Å². The molecule has 166 valence electrons. The van der Waals surface area contributed by atoms with Gasteiger partial charge in [0.05, 0.1) is 0 Å². The van der Waals surface area contributed by atoms with Crippen molar-refractivity contribution in [2.24, 2.45) is 7.05 Å². The van der Waals surface area contributed by atoms with Gasteiger partial charge < -0.3 is 10.6 Å². The number of rotatable bonds is 4. The van der Waals surface area contributed by atoms with Crippen molar-refractivity contribution in [2.45, 2.75) is 12.7 Å². The molecule has 1 aliphatic heterocycles. The molecule has 2 aromatic carbocycles. The van der Waals surface area contributed by atoms with Crippen molar-refractivity contribution in [1.82, 2.24) is 25.1 Å². The van der Waals surface area contributed by atoms with Gasteiger partial charge in [0.15, 0.2) is 5.82 Å². The van der Waals surface area contributed by atoms with E-state index in [1.165, 1.54) is 12.3 Å². The summed E-state index contributed by atoms with van der Waals surface area (Å²) in [6, 6.07) is 15.0. The summed E-state index contributed by atoms with van der Waals surface area (Å²) in [5.41, 5.74) is 3.52. The average molecular weight is 450 g/mol. The van der Waals surface area contributed by atoms with Gasteiger partial charge in [-0.3, -0.25) is 9.78 Å². The first-order valence-corrected chi connectivity index (χ1v) is 10.0. The predicted octanol–water partition coefficient (Wildman–Crippen LogP) is 4.55. The molecule has 0 aliphatic carbocycles. The Morgan fingerprint density at radius 3 is 2.42 bits per heavy atom. The molecule has 4 aromatic rings. The summed E-state index contributed by atoms with van der Waals surface area (Å²) in [6.45, 7) is 0.495. The molecular formula is C23H17F3N6O. The fourth-order valence-electron chi connectivity index (χ4n) is 3.60. The number of benzene rings is 2. The SMILES string of the molecule is Cn1nc(-c2ccc(-c3ccc(C(F)(F)F)nc3)cc2)nc1Nc1ccc2c(c1)CNC2=O. The van der Waals surface area contributed by atoms with Crippen LogP contribution in [0, 0.1) is 0 Å². The standard InChI is InChI=1S/C23H17F3N6O/c1-32-22(29-17-7-8-18-16(10-17)12-28-21(18)33)30-20(31-32)14-4-2-13(3-5-14)15-6-9-19(27-11-15)23(24,25)26/h2-11H,12H2,1H3,(H,28,33)(H,29,30,31). The minimum absolute atomic E-state index is 0.0759. The Labute approximate surface area is 186 Å². The van der Waals surface area contributed by atoms with Gasteiger partial charge in [-0.1, -0.05) is 30.3 Å². The van der Waals surface area contributed by atoms with Crippen molar-refractivity contribution in [1.29, 1.82) is 0 Å². The van der Waals surface area contributed by atoms with Gasteiger partial charge in [-0.2, -0.15) is 18.2 Å². The molecule has 7 nitrogen and oxygen atoms in total. The molecule has 10 heteroatoms. The zero-order valence-electron chi connectivity index (χ0n) is 17.3. The van der Waals surface area contributed by atoms with Gasteiger partial charge >= 0.3 is 6.18 Å². The van der Waals surface area contributed by atoms with Crippen LogP contribution in [0.5, 0.6) is 0 Å². The van der Waals surface area contributed by atoms with E-state index in [0.717, 1.165) is 28.4 Å². The Hall–Kier alpha value is -4.21. The number of hydrogen-bond acceptors (Lipinski definition) is 5. The first-order valence-electron chi connectivity index (χ1n) is 10.0. The van der Waals surface area contributed by atoms with E-state index < -0.39 is 11.9 Å². The second kappa shape index (κ2) is 7.73. The summed E-state index contributed by atoms with van der Waals surface area (Å²) in [7, 11) is 1.76. The topological polar surface area (TPSA) is 84.7 Å². The first-order chi connectivity index (χ1) is 15.8. The zero-order valence-corrected chi connectivity index (χ0v) is 17.3. The van der Waals surface area contributed by atoms with E-state index in [1.54, 1.807) is 42.1 Å². The van der Waals surface area contributed by atoms with Gasteiger partial charge in [-0.15, -0.1) is 5.10 Å². The van der Waals surface area contributed by atoms with E-state index in [4.69, 9.17) is 0 Å². The molecule has 5 rings (SSSR count). The number of anilines is 2. The van der Waals surface area contributed by atoms with Crippen LogP contribution in [0.25, 0.3) is 22.5 Å². The highest BCUT2D eigenvalue weighted by Crippen LogP contribution is 2.30. The molecule has 3 heterocycles. The smallest absolute Gasteiger partial charge is 0.348 e. The van der Waals surface area contributed by atoms with Gasteiger partial charge in [0.2, 0.25) is 5.95 Å². The summed E-state index contributed by atoms with van der Waals surface area (Å²) in [4.78, 5) is 19.8. The third-order valence-electron chi connectivity index (χ3n) is 5.34. The van der Waals surface area contributed by atoms with Crippen molar-refractivity contribution in [3.8, 4) is 22.5 Å². The zero-order chi connectivity index (χ0) is 23.2. The number of pyridine rings is 1. The molecule has 2 N–H and O–H groups in total. The highest BCUT2D eigenvalue weighted by Gasteiger charge is 2.32. The minimum atomic E-state index is -4.47. The lowest BCUT2D eigenvalue weighted by atomic mass is 10.1. The quantitative estimate of drug-likeness (QED) is 0.477. The van der Waals surface area contributed by atoms with Crippen LogP contribution in [0.4, 0.5) is 24.8 Å². The average Bonchev–Trinajstić information content (AvgIpc) is 3.35. The van der Waals surface area contributed by atoms with Crippen LogP contribution >= 0.6 is 0 Å². The van der Waals surface area contributed by atoms with Crippen molar-refractivity contribution in [3.63, 3.8) is 0 Å². The Morgan fingerprint density at radius 2 is 1.73 bits per heavy atom. The van der Waals surface area contributed by atoms with Crippen LogP contribution in [0.15, 0.2) is 60.8 Å². The van der Waals surface area contributed by atoms with E-state index in [9.17, 15) is 18.0 Å². The number of nitrogens with one attached hydrogen (secondary N) is 2. The van der Waals surface area contributed by atoms with E-state index in [0.29, 0.717) is 29.4 Å². The maximum atomic E-state index is 12.7. The molecule has 0 bridgehead atoms. The summed E-state index contributed by atoms with van der Waals surface area (Å²) in [6.07, 6.45) is -3.26. The lowest BCUT2D eigenvalue weighted by molar-refractivity contribution is -0.141. The molecule has 0 radical (unpaired) electrons. The number of halogens is 3. The fourth-order valence-corrected chi connectivity index (χ4v) is 3.60. The fraction of sp³-hybridized carbons (Fsp3) is 0.130. The summed E-state index contributed by atoms with van der Waals surface area (Å²) < 4.78 is 39.7. The Morgan fingerprint density at radius 1 is 1.00 bits per heavy atom. The van der Waals surface area contributed by atoms with E-state index in [-0.39, 0.29) is 5.91 Å². The lowest BCUT2D eigenvalue weighted by Gasteiger charge is -2.07. The normalized spacial score (nSPS) is 13.0. The molecule has 0 saturated heterocycles. The maximum Gasteiger partial charge on any atom is 0.433 e. The molecule has 2 aromatic heterocycles. The highest BCUT2D eigenvalue weighted by atomic mass is 19.4. The van der Waals surface area contributed by atoms with Crippen LogP contribution in [-0.2, 0) is 19.8 Å². The maximum absolute atomic E-state index is 12.7. The van der Waals surface area contributed by atoms with Crippen molar-refractivity contribution in [2.75, 3.05) is 5.32 Å². The number of carbonyl (C=O) groups is 1. The Bertz CT molecular complexity index is 1340. The molecule has 1 aliphatic rings. The number of hydrogen-bond donors (Lipinski definition) is 2. The summed E-state index contributed by atoms with van der Waals surface area (Å²) >= 11 is 0. The minimum Gasteiger partial charge on any atom is -0.348 e. The van der Waals surface area contributed by atoms with Gasteiger partial charge in [0.1, 0.15) is 5.69 Å². The molecule has 0 spiro atoms. The van der Waals surface area contributed by atoms with Gasteiger partial charge in [-0.25, -0.2) is 4.68 Å². The third kappa shape index (κ3) is 4.02. The van der Waals surface area contributed by atoms with Crippen LogP contribution in [-0.4, -0.2) is 25.7 Å². The van der Waals surface area contributed by atoms with Crippen molar-refractivity contribution < 1.29 is 18.0 Å². The van der Waals surface area contributed by atoms with Crippen molar-refractivity contribution >= 4 is 17.5 Å². The van der Waals surface area contributed by atoms with Gasteiger partial charge in [-0.05, 0) is 35.4 Å². The largest absolute Gasteiger partial charge is 0.433 e. The molecule has 0 fully saturated rings. The first kappa shape index (κ1) is 20.7. The molecule has 0 saturated carbocycles. The summed E-state index contributed by atoms with van der Waals surface area (Å²) in [5, 5.41) is 10.4. The number of nitrogens with zero attached hydrogens (tertiary/aromatic N) is 4. The van der Waals surface area contributed by atoms with Crippen LogP contribution < -0.4 is 10.6 Å². The number of aryl methyl sites for hydroxylation is 1. The number of carbonyl (C=O) groups excluding carboxylic acids is 1. The van der Waals surface area contributed by atoms with E-state index in [2.05, 4.69) is 25.7 Å². The van der Waals surface area contributed by atoms with E-state index in [1.807, 2.05) is 12.1 Å². The third-order valence-corrected chi connectivity index (χ3v) is 5.34. The van der Waals surface area contributed by atoms with Gasteiger partial charge in [0.25, 0.3) is 5.91 Å². The Kier molecular flexibility index (Phi) is 4.85. The van der Waals surface area contributed by atoms with Gasteiger partial charge in [0, 0.05) is 42.2 Å².